The Bertz CT molecular complexity index is 174. The van der Waals surface area contributed by atoms with Gasteiger partial charge in [-0.25, -0.2) is 4.79 Å². The molecule has 0 aromatic heterocycles. The third-order valence-electron chi connectivity index (χ3n) is 1.22. The van der Waals surface area contributed by atoms with E-state index < -0.39 is 5.97 Å². The van der Waals surface area contributed by atoms with E-state index in [1.165, 1.54) is 0 Å². The summed E-state index contributed by atoms with van der Waals surface area (Å²) in [5, 5.41) is 0. The summed E-state index contributed by atoms with van der Waals surface area (Å²) in [6.45, 7) is 4.54. The van der Waals surface area contributed by atoms with Crippen LogP contribution in [0.3, 0.4) is 0 Å². The van der Waals surface area contributed by atoms with Crippen LogP contribution in [-0.2, 0) is 9.53 Å². The van der Waals surface area contributed by atoms with E-state index in [2.05, 4.69) is 6.58 Å². The van der Waals surface area contributed by atoms with Crippen LogP contribution in [0.15, 0.2) is 12.2 Å². The van der Waals surface area contributed by atoms with Gasteiger partial charge in [-0.15, -0.1) is 11.6 Å². The average Bonchev–Trinajstić information content (AvgIpc) is 2.02. The maximum atomic E-state index is 10.9. The first-order valence-electron chi connectivity index (χ1n) is 3.63. The quantitative estimate of drug-likeness (QED) is 0.289. The number of nitrogens with zero attached hydrogens (tertiary/aromatic N) is 1. The summed E-state index contributed by atoms with van der Waals surface area (Å²) in [7, 11) is 3.81. The van der Waals surface area contributed by atoms with Crippen molar-refractivity contribution in [2.75, 3.05) is 33.1 Å². The summed E-state index contributed by atoms with van der Waals surface area (Å²) < 4.78 is 4.84. The predicted molar refractivity (Wildman–Crippen MR) is 57.9 cm³/mol. The number of ether oxygens (including phenoxy) is 1. The van der Waals surface area contributed by atoms with Crippen molar-refractivity contribution in [1.82, 2.24) is 4.90 Å². The molecule has 0 heterocycles. The van der Waals surface area contributed by atoms with Gasteiger partial charge in [-0.2, -0.15) is 0 Å². The number of hydrogen-bond donors (Lipinski definition) is 0. The second-order valence-corrected chi connectivity index (χ2v) is 2.94. The van der Waals surface area contributed by atoms with Gasteiger partial charge in [0.25, 0.3) is 0 Å². The van der Waals surface area contributed by atoms with Crippen molar-refractivity contribution < 1.29 is 9.53 Å². The van der Waals surface area contributed by atoms with Crippen LogP contribution in [0.1, 0.15) is 0 Å². The number of likely N-dealkylation sites (N-methyl/N-ethyl adjacent to an activating group) is 1. The Kier molecular flexibility index (Phi) is 11.5. The topological polar surface area (TPSA) is 29.5 Å². The molecule has 0 amide bonds. The molecule has 5 heteroatoms. The number of halogens is 1. The molecule has 0 saturated heterocycles. The van der Waals surface area contributed by atoms with Crippen molar-refractivity contribution in [2.24, 2.45) is 0 Å². The van der Waals surface area contributed by atoms with Gasteiger partial charge in [-0.3, -0.25) is 0 Å². The van der Waals surface area contributed by atoms with E-state index in [1.54, 1.807) is 0 Å². The second-order valence-electron chi connectivity index (χ2n) is 2.68. The number of rotatable bonds is 5. The van der Waals surface area contributed by atoms with Gasteiger partial charge in [-0.1, -0.05) is 6.58 Å². The van der Waals surface area contributed by atoms with Gasteiger partial charge in [0.2, 0.25) is 0 Å². The average molecular weight is 234 g/mol. The molecule has 0 atom stereocenters. The Morgan fingerprint density at radius 2 is 2.08 bits per heavy atom. The first-order valence-corrected chi connectivity index (χ1v) is 4.17. The molecule has 0 rings (SSSR count). The molecule has 3 nitrogen and oxygen atoms in total. The number of hydrogen-bond acceptors (Lipinski definition) is 3. The van der Waals surface area contributed by atoms with E-state index in [0.717, 1.165) is 0 Å². The summed E-state index contributed by atoms with van der Waals surface area (Å²) in [5.41, 5.74) is 0.301. The Hall–Kier alpha value is 0.720. The van der Waals surface area contributed by atoms with Crippen LogP contribution in [0, 0.1) is 0 Å². The zero-order valence-electron chi connectivity index (χ0n) is 7.47. The fourth-order valence-electron chi connectivity index (χ4n) is 0.478. The summed E-state index contributed by atoms with van der Waals surface area (Å²) in [6, 6.07) is 0. The third-order valence-corrected chi connectivity index (χ3v) is 1.54. The van der Waals surface area contributed by atoms with E-state index in [4.69, 9.17) is 16.3 Å². The van der Waals surface area contributed by atoms with Crippen molar-refractivity contribution in [3.63, 3.8) is 0 Å². The molecular formula is C8H16CaClNO2. The van der Waals surface area contributed by atoms with Gasteiger partial charge in [0.05, 0.1) is 5.88 Å². The van der Waals surface area contributed by atoms with Crippen LogP contribution < -0.4 is 0 Å². The Morgan fingerprint density at radius 1 is 1.54 bits per heavy atom. The zero-order chi connectivity index (χ0) is 9.56. The number of carbonyl (C=O) groups excluding carboxylic acids is 1. The summed E-state index contributed by atoms with van der Waals surface area (Å²) >= 11 is 5.38. The maximum absolute atomic E-state index is 10.9. The van der Waals surface area contributed by atoms with Gasteiger partial charge in [0, 0.05) is 12.1 Å². The Labute approximate surface area is 114 Å². The van der Waals surface area contributed by atoms with Gasteiger partial charge in [-0.05, 0) is 14.1 Å². The minimum absolute atomic E-state index is 0. The molecule has 0 aliphatic carbocycles. The molecule has 0 aromatic rings. The van der Waals surface area contributed by atoms with Crippen molar-refractivity contribution in [1.29, 1.82) is 0 Å². The molecule has 0 aliphatic heterocycles. The minimum atomic E-state index is -0.410. The van der Waals surface area contributed by atoms with E-state index in [-0.39, 0.29) is 43.6 Å². The zero-order valence-corrected chi connectivity index (χ0v) is 8.23. The first kappa shape index (κ1) is 16.2. The molecular weight excluding hydrogens is 218 g/mol. The van der Waals surface area contributed by atoms with Crippen LogP contribution in [0.5, 0.6) is 0 Å². The fraction of sp³-hybridized carbons (Fsp3) is 0.625. The van der Waals surface area contributed by atoms with Crippen LogP contribution in [0.4, 0.5) is 0 Å². The van der Waals surface area contributed by atoms with E-state index >= 15 is 0 Å². The molecule has 74 valence electrons. The van der Waals surface area contributed by atoms with Crippen LogP contribution in [-0.4, -0.2) is 81.7 Å². The normalized spacial score (nSPS) is 9.23. The second kappa shape index (κ2) is 9.28. The number of alkyl halides is 1. The number of esters is 1. The van der Waals surface area contributed by atoms with Crippen LogP contribution >= 0.6 is 11.6 Å². The summed E-state index contributed by atoms with van der Waals surface area (Å²) in [4.78, 5) is 12.9. The molecule has 0 N–H and O–H groups in total. The molecule has 0 aliphatic rings. The Balaban J connectivity index is 0. The van der Waals surface area contributed by atoms with Gasteiger partial charge < -0.3 is 9.64 Å². The Morgan fingerprint density at radius 3 is 2.46 bits per heavy atom. The van der Waals surface area contributed by atoms with E-state index in [0.29, 0.717) is 18.7 Å². The molecule has 0 fully saturated rings. The fourth-order valence-corrected chi connectivity index (χ4v) is 0.587. The van der Waals surface area contributed by atoms with Crippen LogP contribution in [0.2, 0.25) is 0 Å². The van der Waals surface area contributed by atoms with Crippen molar-refractivity contribution in [3.05, 3.63) is 12.2 Å². The molecule has 0 bridgehead atoms. The number of carbonyl (C=O) groups is 1. The molecule has 0 saturated carbocycles. The van der Waals surface area contributed by atoms with Gasteiger partial charge >= 0.3 is 43.7 Å². The molecule has 0 unspecified atom stereocenters. The van der Waals surface area contributed by atoms with Crippen molar-refractivity contribution >= 4 is 55.3 Å². The summed E-state index contributed by atoms with van der Waals surface area (Å²) in [5.74, 6) is -0.285. The van der Waals surface area contributed by atoms with Crippen molar-refractivity contribution in [3.8, 4) is 0 Å². The van der Waals surface area contributed by atoms with Gasteiger partial charge in [0.15, 0.2) is 0 Å². The van der Waals surface area contributed by atoms with Crippen LogP contribution in [0.25, 0.3) is 0 Å². The molecule has 0 aromatic carbocycles. The van der Waals surface area contributed by atoms with Crippen molar-refractivity contribution in [2.45, 2.75) is 0 Å². The monoisotopic (exact) mass is 233 g/mol. The predicted octanol–water partition coefficient (Wildman–Crippen LogP) is -0.0300. The molecule has 0 spiro atoms. The first-order chi connectivity index (χ1) is 5.57. The molecule has 13 heavy (non-hydrogen) atoms. The standard InChI is InChI=1S/C8H14ClNO2.Ca.2H/c1-7(6-9)8(11)12-5-4-10(2)3;;;/h1,4-6H2,2-3H3;;;. The third kappa shape index (κ3) is 9.03. The summed E-state index contributed by atoms with van der Waals surface area (Å²) in [6.07, 6.45) is 0. The van der Waals surface area contributed by atoms with Gasteiger partial charge in [0.1, 0.15) is 6.61 Å². The van der Waals surface area contributed by atoms with E-state index in [1.807, 2.05) is 19.0 Å². The van der Waals surface area contributed by atoms with E-state index in [9.17, 15) is 4.79 Å². The molecule has 0 radical (unpaired) electrons. The SMILES string of the molecule is C=C(CCl)C(=O)OCCN(C)C.[CaH2].